The first-order chi connectivity index (χ1) is 16.0. The third kappa shape index (κ3) is 4.33. The number of carbonyl (C=O) groups is 4. The number of hydrogen-bond acceptors (Lipinski definition) is 7. The van der Waals surface area contributed by atoms with Crippen LogP contribution in [0.2, 0.25) is 0 Å². The summed E-state index contributed by atoms with van der Waals surface area (Å²) in [5, 5.41) is 0. The number of benzene rings is 2. The van der Waals surface area contributed by atoms with Crippen LogP contribution in [0.15, 0.2) is 36.4 Å². The lowest BCUT2D eigenvalue weighted by Crippen LogP contribution is -2.40. The first kappa shape index (κ1) is 23.6. The van der Waals surface area contributed by atoms with Crippen LogP contribution in [0.25, 0.3) is 0 Å². The maximum absolute atomic E-state index is 13.0. The predicted octanol–water partition coefficient (Wildman–Crippen LogP) is 1.91. The molecule has 178 valence electrons. The second kappa shape index (κ2) is 8.68. The number of sulfone groups is 1. The minimum absolute atomic E-state index is 0.0239. The van der Waals surface area contributed by atoms with Gasteiger partial charge in [-0.3, -0.25) is 14.4 Å². The van der Waals surface area contributed by atoms with Crippen molar-refractivity contribution in [1.29, 1.82) is 0 Å². The Balaban J connectivity index is 1.47. The van der Waals surface area contributed by atoms with Gasteiger partial charge in [-0.05, 0) is 55.7 Å². The maximum Gasteiger partial charge on any atom is 0.338 e. The predicted molar refractivity (Wildman–Crippen MR) is 124 cm³/mol. The fourth-order valence-corrected chi connectivity index (χ4v) is 5.92. The molecule has 0 bridgehead atoms. The van der Waals surface area contributed by atoms with E-state index in [0.29, 0.717) is 12.1 Å². The fourth-order valence-electron chi connectivity index (χ4n) is 4.14. The molecule has 1 saturated heterocycles. The van der Waals surface area contributed by atoms with Crippen LogP contribution < -0.4 is 4.90 Å². The number of likely N-dealkylation sites (N-methyl/N-ethyl adjacent to an activating group) is 1. The fraction of sp³-hybridized carbons (Fsp3) is 0.333. The van der Waals surface area contributed by atoms with E-state index in [0.717, 1.165) is 16.0 Å². The monoisotopic (exact) mass is 484 g/mol. The highest BCUT2D eigenvalue weighted by Crippen LogP contribution is 2.32. The molecular weight excluding hydrogens is 460 g/mol. The van der Waals surface area contributed by atoms with E-state index in [1.165, 1.54) is 30.1 Å². The summed E-state index contributed by atoms with van der Waals surface area (Å²) in [5.41, 5.74) is 2.43. The molecule has 3 amide bonds. The summed E-state index contributed by atoms with van der Waals surface area (Å²) in [6.45, 7) is 3.10. The van der Waals surface area contributed by atoms with Crippen LogP contribution in [0, 0.1) is 13.8 Å². The molecule has 2 aromatic rings. The van der Waals surface area contributed by atoms with Crippen molar-refractivity contribution in [2.45, 2.75) is 26.3 Å². The standard InChI is InChI=1S/C24H24N2O7S/c1-14-4-5-15(2)20(10-14)26-22(28)18-7-6-16(11-19(18)23(26)29)24(30)33-12-21(27)25(3)17-8-9-34(31,32)13-17/h4-7,10-11,17H,8-9,12-13H2,1-3H3. The molecule has 10 heteroatoms. The first-order valence-electron chi connectivity index (χ1n) is 10.7. The van der Waals surface area contributed by atoms with Crippen molar-refractivity contribution in [3.05, 3.63) is 64.2 Å². The second-order valence-electron chi connectivity index (χ2n) is 8.63. The summed E-state index contributed by atoms with van der Waals surface area (Å²) in [7, 11) is -1.68. The molecule has 2 aromatic carbocycles. The molecule has 0 N–H and O–H groups in total. The minimum Gasteiger partial charge on any atom is -0.452 e. The number of rotatable bonds is 5. The number of ether oxygens (including phenoxy) is 1. The second-order valence-corrected chi connectivity index (χ2v) is 10.9. The molecule has 9 nitrogen and oxygen atoms in total. The quantitative estimate of drug-likeness (QED) is 0.470. The van der Waals surface area contributed by atoms with Gasteiger partial charge in [0, 0.05) is 13.1 Å². The highest BCUT2D eigenvalue weighted by Gasteiger charge is 2.38. The van der Waals surface area contributed by atoms with Gasteiger partial charge >= 0.3 is 5.97 Å². The normalized spacial score (nSPS) is 18.7. The van der Waals surface area contributed by atoms with Crippen LogP contribution in [0.5, 0.6) is 0 Å². The molecule has 0 spiro atoms. The largest absolute Gasteiger partial charge is 0.452 e. The number of carbonyl (C=O) groups excluding carboxylic acids is 4. The summed E-state index contributed by atoms with van der Waals surface area (Å²) >= 11 is 0. The van der Waals surface area contributed by atoms with E-state index in [-0.39, 0.29) is 28.2 Å². The van der Waals surface area contributed by atoms with Crippen LogP contribution in [0.1, 0.15) is 48.6 Å². The van der Waals surface area contributed by atoms with Gasteiger partial charge in [-0.2, -0.15) is 0 Å². The topological polar surface area (TPSA) is 118 Å². The summed E-state index contributed by atoms with van der Waals surface area (Å²) in [4.78, 5) is 53.2. The summed E-state index contributed by atoms with van der Waals surface area (Å²) in [6, 6.07) is 9.08. The molecule has 0 aromatic heterocycles. The van der Waals surface area contributed by atoms with E-state index in [2.05, 4.69) is 0 Å². The van der Waals surface area contributed by atoms with E-state index in [9.17, 15) is 27.6 Å². The molecule has 0 radical (unpaired) electrons. The van der Waals surface area contributed by atoms with Crippen LogP contribution in [-0.4, -0.2) is 68.2 Å². The molecule has 0 saturated carbocycles. The highest BCUT2D eigenvalue weighted by molar-refractivity contribution is 7.91. The zero-order valence-electron chi connectivity index (χ0n) is 19.0. The maximum atomic E-state index is 13.0. The van der Waals surface area contributed by atoms with E-state index in [1.807, 2.05) is 19.1 Å². The number of imide groups is 1. The summed E-state index contributed by atoms with van der Waals surface area (Å²) in [6.07, 6.45) is 0.344. The van der Waals surface area contributed by atoms with Crippen molar-refractivity contribution >= 4 is 39.2 Å². The minimum atomic E-state index is -3.16. The van der Waals surface area contributed by atoms with Crippen LogP contribution >= 0.6 is 0 Å². The Labute approximate surface area is 197 Å². The van der Waals surface area contributed by atoms with Crippen molar-refractivity contribution in [3.8, 4) is 0 Å². The smallest absolute Gasteiger partial charge is 0.338 e. The Morgan fingerprint density at radius 1 is 1.06 bits per heavy atom. The van der Waals surface area contributed by atoms with Crippen molar-refractivity contribution in [3.63, 3.8) is 0 Å². The average Bonchev–Trinajstić information content (AvgIpc) is 3.29. The number of fused-ring (bicyclic) bond motifs is 1. The Morgan fingerprint density at radius 2 is 1.76 bits per heavy atom. The summed E-state index contributed by atoms with van der Waals surface area (Å²) < 4.78 is 28.4. The third-order valence-corrected chi connectivity index (χ3v) is 7.95. The van der Waals surface area contributed by atoms with Crippen molar-refractivity contribution in [1.82, 2.24) is 4.90 Å². The van der Waals surface area contributed by atoms with Gasteiger partial charge in [0.2, 0.25) is 0 Å². The molecule has 34 heavy (non-hydrogen) atoms. The Hall–Kier alpha value is -3.53. The molecule has 2 aliphatic heterocycles. The summed E-state index contributed by atoms with van der Waals surface area (Å²) in [5.74, 6) is -2.45. The highest BCUT2D eigenvalue weighted by atomic mass is 32.2. The molecule has 0 aliphatic carbocycles. The van der Waals surface area contributed by atoms with Gasteiger partial charge in [-0.1, -0.05) is 12.1 Å². The van der Waals surface area contributed by atoms with E-state index in [1.54, 1.807) is 13.0 Å². The lowest BCUT2D eigenvalue weighted by Gasteiger charge is -2.23. The van der Waals surface area contributed by atoms with Gasteiger partial charge < -0.3 is 9.64 Å². The van der Waals surface area contributed by atoms with Crippen molar-refractivity contribution in [2.75, 3.05) is 30.1 Å². The molecule has 2 aliphatic rings. The zero-order chi connectivity index (χ0) is 24.8. The number of nitrogens with zero attached hydrogens (tertiary/aromatic N) is 2. The number of aryl methyl sites for hydroxylation is 2. The number of esters is 1. The van der Waals surface area contributed by atoms with Gasteiger partial charge in [0.25, 0.3) is 17.7 Å². The lowest BCUT2D eigenvalue weighted by atomic mass is 10.1. The molecule has 4 rings (SSSR count). The van der Waals surface area contributed by atoms with Crippen molar-refractivity contribution in [2.24, 2.45) is 0 Å². The Bertz CT molecular complexity index is 1330. The molecular formula is C24H24N2O7S. The average molecular weight is 485 g/mol. The first-order valence-corrected chi connectivity index (χ1v) is 12.5. The lowest BCUT2D eigenvalue weighted by molar-refractivity contribution is -0.134. The van der Waals surface area contributed by atoms with Gasteiger partial charge in [0.1, 0.15) is 0 Å². The van der Waals surface area contributed by atoms with Crippen LogP contribution in [-0.2, 0) is 19.4 Å². The molecule has 2 heterocycles. The van der Waals surface area contributed by atoms with Crippen LogP contribution in [0.3, 0.4) is 0 Å². The third-order valence-electron chi connectivity index (χ3n) is 6.20. The van der Waals surface area contributed by atoms with E-state index >= 15 is 0 Å². The SMILES string of the molecule is Cc1ccc(C)c(N2C(=O)c3ccc(C(=O)OCC(=O)N(C)C4CCS(=O)(=O)C4)cc3C2=O)c1. The van der Waals surface area contributed by atoms with E-state index < -0.39 is 46.2 Å². The number of hydrogen-bond donors (Lipinski definition) is 0. The van der Waals surface area contributed by atoms with Gasteiger partial charge in [0.15, 0.2) is 16.4 Å². The van der Waals surface area contributed by atoms with Crippen molar-refractivity contribution < 1.29 is 32.3 Å². The molecule has 1 unspecified atom stereocenters. The number of amides is 3. The molecule has 1 atom stereocenters. The van der Waals surface area contributed by atoms with E-state index in [4.69, 9.17) is 4.74 Å². The van der Waals surface area contributed by atoms with Gasteiger partial charge in [0.05, 0.1) is 33.9 Å². The van der Waals surface area contributed by atoms with Crippen LogP contribution in [0.4, 0.5) is 5.69 Å². The Morgan fingerprint density at radius 3 is 2.44 bits per heavy atom. The van der Waals surface area contributed by atoms with Gasteiger partial charge in [-0.15, -0.1) is 0 Å². The van der Waals surface area contributed by atoms with Gasteiger partial charge in [-0.25, -0.2) is 18.1 Å². The zero-order valence-corrected chi connectivity index (χ0v) is 19.8. The molecule has 1 fully saturated rings. The number of anilines is 1. The Kier molecular flexibility index (Phi) is 6.03.